The number of amides is 2. The van der Waals surface area contributed by atoms with Gasteiger partial charge in [0.1, 0.15) is 5.69 Å². The zero-order valence-electron chi connectivity index (χ0n) is 13.9. The molecule has 0 aliphatic carbocycles. The van der Waals surface area contributed by atoms with Gasteiger partial charge in [-0.1, -0.05) is 23.2 Å². The standard InChI is InChI=1S/C16H17Cl2N5O3/c1-26-5-4-20-9-14(24)22-10-6-11(17)15(12(18)7-10)23-16(25)13-8-19-2-3-21-13/h2-3,6-8,20H,4-5,9H2,1H3,(H,22,24)(H,23,25). The number of benzene rings is 1. The summed E-state index contributed by atoms with van der Waals surface area (Å²) in [6.45, 7) is 1.17. The molecule has 0 radical (unpaired) electrons. The smallest absolute Gasteiger partial charge is 0.275 e. The maximum atomic E-state index is 12.1. The number of aromatic nitrogens is 2. The molecule has 2 aromatic rings. The van der Waals surface area contributed by atoms with Crippen LogP contribution >= 0.6 is 23.2 Å². The molecule has 0 atom stereocenters. The van der Waals surface area contributed by atoms with E-state index in [2.05, 4.69) is 25.9 Å². The lowest BCUT2D eigenvalue weighted by molar-refractivity contribution is -0.115. The minimum absolute atomic E-state index is 0.115. The van der Waals surface area contributed by atoms with Crippen molar-refractivity contribution in [3.8, 4) is 0 Å². The molecule has 0 fully saturated rings. The molecule has 0 aliphatic rings. The van der Waals surface area contributed by atoms with E-state index < -0.39 is 5.91 Å². The number of halogens is 2. The Balaban J connectivity index is 2.01. The molecule has 1 heterocycles. The molecule has 1 aromatic carbocycles. The molecular formula is C16H17Cl2N5O3. The van der Waals surface area contributed by atoms with E-state index in [1.54, 1.807) is 7.11 Å². The molecule has 0 saturated heterocycles. The van der Waals surface area contributed by atoms with Crippen molar-refractivity contribution in [2.24, 2.45) is 0 Å². The van der Waals surface area contributed by atoms with Crippen molar-refractivity contribution in [2.75, 3.05) is 37.4 Å². The van der Waals surface area contributed by atoms with Crippen molar-refractivity contribution in [1.29, 1.82) is 0 Å². The average Bonchev–Trinajstić information content (AvgIpc) is 2.62. The maximum Gasteiger partial charge on any atom is 0.275 e. The summed E-state index contributed by atoms with van der Waals surface area (Å²) < 4.78 is 4.88. The van der Waals surface area contributed by atoms with Crippen LogP contribution in [0, 0.1) is 0 Å². The molecule has 0 aliphatic heterocycles. The zero-order chi connectivity index (χ0) is 18.9. The largest absolute Gasteiger partial charge is 0.383 e. The van der Waals surface area contributed by atoms with E-state index in [4.69, 9.17) is 27.9 Å². The summed E-state index contributed by atoms with van der Waals surface area (Å²) in [7, 11) is 1.58. The SMILES string of the molecule is COCCNCC(=O)Nc1cc(Cl)c(NC(=O)c2cnccn2)c(Cl)c1. The maximum absolute atomic E-state index is 12.1. The lowest BCUT2D eigenvalue weighted by Crippen LogP contribution is -2.30. The Hall–Kier alpha value is -2.26. The number of anilines is 2. The fourth-order valence-electron chi connectivity index (χ4n) is 1.94. The number of carbonyl (C=O) groups excluding carboxylic acids is 2. The van der Waals surface area contributed by atoms with Gasteiger partial charge in [0.25, 0.3) is 5.91 Å². The highest BCUT2D eigenvalue weighted by atomic mass is 35.5. The third-order valence-electron chi connectivity index (χ3n) is 3.13. The second-order valence-electron chi connectivity index (χ2n) is 5.08. The van der Waals surface area contributed by atoms with Crippen molar-refractivity contribution in [3.05, 3.63) is 46.5 Å². The Morgan fingerprint density at radius 2 is 1.88 bits per heavy atom. The van der Waals surface area contributed by atoms with E-state index in [1.165, 1.54) is 30.7 Å². The van der Waals surface area contributed by atoms with Gasteiger partial charge in [-0.25, -0.2) is 4.98 Å². The second kappa shape index (κ2) is 10.0. The third kappa shape index (κ3) is 5.92. The van der Waals surface area contributed by atoms with Gasteiger partial charge in [0.2, 0.25) is 5.91 Å². The van der Waals surface area contributed by atoms with E-state index in [-0.39, 0.29) is 33.9 Å². The Morgan fingerprint density at radius 3 is 2.50 bits per heavy atom. The second-order valence-corrected chi connectivity index (χ2v) is 5.89. The van der Waals surface area contributed by atoms with Crippen LogP contribution in [0.15, 0.2) is 30.7 Å². The minimum atomic E-state index is -0.499. The van der Waals surface area contributed by atoms with Gasteiger partial charge in [-0.05, 0) is 12.1 Å². The lowest BCUT2D eigenvalue weighted by atomic mass is 10.2. The first-order valence-corrected chi connectivity index (χ1v) is 8.32. The Labute approximate surface area is 160 Å². The fourth-order valence-corrected chi connectivity index (χ4v) is 2.52. The summed E-state index contributed by atoms with van der Waals surface area (Å²) in [5.74, 6) is -0.759. The number of hydrogen-bond acceptors (Lipinski definition) is 6. The fraction of sp³-hybridized carbons (Fsp3) is 0.250. The summed E-state index contributed by atoms with van der Waals surface area (Å²) in [5, 5.41) is 8.52. The quantitative estimate of drug-likeness (QED) is 0.589. The molecule has 1 aromatic heterocycles. The molecule has 10 heteroatoms. The molecule has 2 rings (SSSR count). The van der Waals surface area contributed by atoms with Crippen LogP contribution < -0.4 is 16.0 Å². The number of methoxy groups -OCH3 is 1. The van der Waals surface area contributed by atoms with Gasteiger partial charge in [0, 0.05) is 31.7 Å². The highest BCUT2D eigenvalue weighted by Gasteiger charge is 2.15. The number of rotatable bonds is 8. The summed E-state index contributed by atoms with van der Waals surface area (Å²) in [6.07, 6.45) is 4.18. The van der Waals surface area contributed by atoms with Gasteiger partial charge in [-0.3, -0.25) is 14.6 Å². The molecule has 0 unspecified atom stereocenters. The molecule has 3 N–H and O–H groups in total. The first kappa shape index (κ1) is 20.1. The van der Waals surface area contributed by atoms with Crippen molar-refractivity contribution >= 4 is 46.4 Å². The molecule has 26 heavy (non-hydrogen) atoms. The van der Waals surface area contributed by atoms with Gasteiger partial charge < -0.3 is 20.7 Å². The number of nitrogens with one attached hydrogen (secondary N) is 3. The van der Waals surface area contributed by atoms with Crippen LogP contribution in [0.2, 0.25) is 10.0 Å². The minimum Gasteiger partial charge on any atom is -0.383 e. The lowest BCUT2D eigenvalue weighted by Gasteiger charge is -2.12. The number of carbonyl (C=O) groups is 2. The predicted molar refractivity (Wildman–Crippen MR) is 99.8 cm³/mol. The molecule has 2 amide bonds. The summed E-state index contributed by atoms with van der Waals surface area (Å²) in [5.41, 5.74) is 0.760. The van der Waals surface area contributed by atoms with Gasteiger partial charge in [-0.2, -0.15) is 0 Å². The van der Waals surface area contributed by atoms with Crippen LogP contribution in [-0.2, 0) is 9.53 Å². The highest BCUT2D eigenvalue weighted by Crippen LogP contribution is 2.34. The molecule has 138 valence electrons. The summed E-state index contributed by atoms with van der Waals surface area (Å²) in [4.78, 5) is 31.7. The number of hydrogen-bond donors (Lipinski definition) is 3. The van der Waals surface area contributed by atoms with Crippen LogP contribution in [0.25, 0.3) is 0 Å². The number of nitrogens with zero attached hydrogens (tertiary/aromatic N) is 2. The zero-order valence-corrected chi connectivity index (χ0v) is 15.4. The first-order chi connectivity index (χ1) is 12.5. The normalized spacial score (nSPS) is 10.4. The molecule has 0 bridgehead atoms. The average molecular weight is 398 g/mol. The van der Waals surface area contributed by atoms with Gasteiger partial charge in [0.15, 0.2) is 0 Å². The van der Waals surface area contributed by atoms with E-state index >= 15 is 0 Å². The number of ether oxygens (including phenoxy) is 1. The molecule has 0 saturated carbocycles. The van der Waals surface area contributed by atoms with Crippen LogP contribution in [0.3, 0.4) is 0 Å². The van der Waals surface area contributed by atoms with E-state index in [1.807, 2.05) is 0 Å². The van der Waals surface area contributed by atoms with Gasteiger partial charge in [-0.15, -0.1) is 0 Å². The Morgan fingerprint density at radius 1 is 1.15 bits per heavy atom. The van der Waals surface area contributed by atoms with Crippen molar-refractivity contribution in [2.45, 2.75) is 0 Å². The van der Waals surface area contributed by atoms with E-state index in [0.29, 0.717) is 18.8 Å². The summed E-state index contributed by atoms with van der Waals surface area (Å²) >= 11 is 12.4. The van der Waals surface area contributed by atoms with Crippen LogP contribution in [-0.4, -0.2) is 48.6 Å². The molecule has 0 spiro atoms. The predicted octanol–water partition coefficient (Wildman–Crippen LogP) is 2.21. The van der Waals surface area contributed by atoms with Crippen LogP contribution in [0.4, 0.5) is 11.4 Å². The summed E-state index contributed by atoms with van der Waals surface area (Å²) in [6, 6.07) is 2.99. The van der Waals surface area contributed by atoms with Gasteiger partial charge >= 0.3 is 0 Å². The van der Waals surface area contributed by atoms with Crippen molar-refractivity contribution in [3.63, 3.8) is 0 Å². The van der Waals surface area contributed by atoms with Crippen molar-refractivity contribution in [1.82, 2.24) is 15.3 Å². The topological polar surface area (TPSA) is 105 Å². The van der Waals surface area contributed by atoms with E-state index in [9.17, 15) is 9.59 Å². The monoisotopic (exact) mass is 397 g/mol. The Bertz CT molecular complexity index is 751. The molecular weight excluding hydrogens is 381 g/mol. The van der Waals surface area contributed by atoms with Crippen LogP contribution in [0.5, 0.6) is 0 Å². The van der Waals surface area contributed by atoms with Crippen LogP contribution in [0.1, 0.15) is 10.5 Å². The Kier molecular flexibility index (Phi) is 7.73. The first-order valence-electron chi connectivity index (χ1n) is 7.57. The van der Waals surface area contributed by atoms with E-state index in [0.717, 1.165) is 0 Å². The van der Waals surface area contributed by atoms with Gasteiger partial charge in [0.05, 0.1) is 35.1 Å². The molecule has 8 nitrogen and oxygen atoms in total. The van der Waals surface area contributed by atoms with Crippen molar-refractivity contribution < 1.29 is 14.3 Å². The third-order valence-corrected chi connectivity index (χ3v) is 3.72. The highest BCUT2D eigenvalue weighted by molar-refractivity contribution is 6.40.